The summed E-state index contributed by atoms with van der Waals surface area (Å²) in [5, 5.41) is 0.838. The topological polar surface area (TPSA) is 42.9 Å². The lowest BCUT2D eigenvalue weighted by Gasteiger charge is -2.03. The van der Waals surface area contributed by atoms with Gasteiger partial charge in [0.2, 0.25) is 5.78 Å². The molecule has 19 heavy (non-hydrogen) atoms. The Morgan fingerprint density at radius 1 is 1.05 bits per heavy atom. The molecule has 0 bridgehead atoms. The second-order valence-electron chi connectivity index (χ2n) is 4.08. The second kappa shape index (κ2) is 4.57. The summed E-state index contributed by atoms with van der Waals surface area (Å²) >= 11 is 0. The molecule has 0 saturated carbocycles. The molecule has 3 nitrogen and oxygen atoms in total. The summed E-state index contributed by atoms with van der Waals surface area (Å²) < 4.78 is 13.5. The van der Waals surface area contributed by atoms with Gasteiger partial charge in [-0.15, -0.1) is 0 Å². The number of benzene rings is 1. The lowest BCUT2D eigenvalue weighted by Crippen LogP contribution is -2.07. The van der Waals surface area contributed by atoms with Crippen LogP contribution >= 0.6 is 0 Å². The van der Waals surface area contributed by atoms with E-state index in [4.69, 9.17) is 0 Å². The molecule has 0 saturated heterocycles. The predicted molar refractivity (Wildman–Crippen MR) is 69.4 cm³/mol. The number of carbonyl (C=O) groups is 1. The average Bonchev–Trinajstić information content (AvgIpc) is 2.46. The number of fused-ring (bicyclic) bond motifs is 1. The first-order chi connectivity index (χ1) is 9.25. The molecular weight excluding hydrogens is 243 g/mol. The van der Waals surface area contributed by atoms with Crippen molar-refractivity contribution in [3.05, 3.63) is 71.9 Å². The molecule has 0 aliphatic carbocycles. The Labute approximate surface area is 108 Å². The van der Waals surface area contributed by atoms with Crippen LogP contribution in [-0.2, 0) is 0 Å². The molecule has 0 aliphatic heterocycles. The van der Waals surface area contributed by atoms with E-state index in [1.54, 1.807) is 6.07 Å². The van der Waals surface area contributed by atoms with E-state index in [0.29, 0.717) is 5.56 Å². The highest BCUT2D eigenvalue weighted by molar-refractivity contribution is 6.09. The summed E-state index contributed by atoms with van der Waals surface area (Å²) in [6.45, 7) is 0. The minimum absolute atomic E-state index is 0.181. The summed E-state index contributed by atoms with van der Waals surface area (Å²) in [5.41, 5.74) is 0.941. The number of aromatic nitrogens is 2. The molecule has 3 rings (SSSR count). The molecule has 0 amide bonds. The Kier molecular flexibility index (Phi) is 2.76. The SMILES string of the molecule is O=C(c1cnc2ccccc2c1)c1ncccc1F. The minimum Gasteiger partial charge on any atom is -0.287 e. The van der Waals surface area contributed by atoms with E-state index < -0.39 is 11.6 Å². The van der Waals surface area contributed by atoms with Crippen molar-refractivity contribution < 1.29 is 9.18 Å². The number of pyridine rings is 2. The molecule has 4 heteroatoms. The fourth-order valence-corrected chi connectivity index (χ4v) is 1.88. The third kappa shape index (κ3) is 2.08. The van der Waals surface area contributed by atoms with Crippen LogP contribution in [-0.4, -0.2) is 15.8 Å². The molecule has 0 unspecified atom stereocenters. The maximum absolute atomic E-state index is 13.5. The molecule has 92 valence electrons. The smallest absolute Gasteiger partial charge is 0.215 e. The Bertz CT molecular complexity index is 771. The molecule has 3 aromatic rings. The van der Waals surface area contributed by atoms with Gasteiger partial charge in [-0.3, -0.25) is 9.78 Å². The Morgan fingerprint density at radius 2 is 1.89 bits per heavy atom. The van der Waals surface area contributed by atoms with Crippen LogP contribution in [0.5, 0.6) is 0 Å². The van der Waals surface area contributed by atoms with Gasteiger partial charge in [-0.05, 0) is 24.3 Å². The maximum atomic E-state index is 13.5. The van der Waals surface area contributed by atoms with E-state index in [1.165, 1.54) is 24.5 Å². The van der Waals surface area contributed by atoms with Gasteiger partial charge < -0.3 is 0 Å². The van der Waals surface area contributed by atoms with Gasteiger partial charge in [-0.1, -0.05) is 18.2 Å². The van der Waals surface area contributed by atoms with Gasteiger partial charge in [0.1, 0.15) is 5.69 Å². The molecule has 0 aliphatic rings. The van der Waals surface area contributed by atoms with Crippen LogP contribution in [0.25, 0.3) is 10.9 Å². The van der Waals surface area contributed by atoms with Crippen LogP contribution in [0.1, 0.15) is 16.1 Å². The van der Waals surface area contributed by atoms with E-state index in [9.17, 15) is 9.18 Å². The molecule has 0 atom stereocenters. The number of para-hydroxylation sites is 1. The molecule has 0 N–H and O–H groups in total. The van der Waals surface area contributed by atoms with Crippen molar-refractivity contribution >= 4 is 16.7 Å². The second-order valence-corrected chi connectivity index (χ2v) is 4.08. The molecule has 0 radical (unpaired) electrons. The number of hydrogen-bond acceptors (Lipinski definition) is 3. The van der Waals surface area contributed by atoms with Crippen LogP contribution in [0.15, 0.2) is 54.9 Å². The Morgan fingerprint density at radius 3 is 2.74 bits per heavy atom. The molecule has 0 fully saturated rings. The highest BCUT2D eigenvalue weighted by atomic mass is 19.1. The van der Waals surface area contributed by atoms with E-state index in [0.717, 1.165) is 10.9 Å². The van der Waals surface area contributed by atoms with Crippen molar-refractivity contribution in [1.29, 1.82) is 0 Å². The summed E-state index contributed by atoms with van der Waals surface area (Å²) in [6.07, 6.45) is 2.84. The third-order valence-electron chi connectivity index (χ3n) is 2.83. The minimum atomic E-state index is -0.624. The summed E-state index contributed by atoms with van der Waals surface area (Å²) in [5.74, 6) is -1.09. The Hall–Kier alpha value is -2.62. The number of hydrogen-bond donors (Lipinski definition) is 0. The van der Waals surface area contributed by atoms with Crippen LogP contribution in [0.2, 0.25) is 0 Å². The molecular formula is C15H9FN2O. The van der Waals surface area contributed by atoms with Crippen molar-refractivity contribution in [2.24, 2.45) is 0 Å². The number of ketones is 1. The largest absolute Gasteiger partial charge is 0.287 e. The Balaban J connectivity index is 2.09. The summed E-state index contributed by atoms with van der Waals surface area (Å²) in [4.78, 5) is 20.1. The van der Waals surface area contributed by atoms with Gasteiger partial charge in [0.15, 0.2) is 5.82 Å². The molecule has 2 aromatic heterocycles. The molecule has 1 aromatic carbocycles. The first-order valence-electron chi connectivity index (χ1n) is 5.76. The van der Waals surface area contributed by atoms with Crippen molar-refractivity contribution in [1.82, 2.24) is 9.97 Å². The zero-order valence-electron chi connectivity index (χ0n) is 9.88. The normalized spacial score (nSPS) is 10.6. The van der Waals surface area contributed by atoms with Gasteiger partial charge in [0, 0.05) is 23.3 Å². The van der Waals surface area contributed by atoms with E-state index in [1.807, 2.05) is 24.3 Å². The average molecular weight is 252 g/mol. The first-order valence-corrected chi connectivity index (χ1v) is 5.76. The summed E-state index contributed by atoms with van der Waals surface area (Å²) in [7, 11) is 0. The third-order valence-corrected chi connectivity index (χ3v) is 2.83. The number of rotatable bonds is 2. The fourth-order valence-electron chi connectivity index (χ4n) is 1.88. The van der Waals surface area contributed by atoms with Crippen molar-refractivity contribution in [2.45, 2.75) is 0 Å². The maximum Gasteiger partial charge on any atom is 0.215 e. The predicted octanol–water partition coefficient (Wildman–Crippen LogP) is 3.00. The zero-order valence-corrected chi connectivity index (χ0v) is 9.88. The van der Waals surface area contributed by atoms with Crippen molar-refractivity contribution in [2.75, 3.05) is 0 Å². The highest BCUT2D eigenvalue weighted by Crippen LogP contribution is 2.16. The number of nitrogens with zero attached hydrogens (tertiary/aromatic N) is 2. The molecule has 0 spiro atoms. The fraction of sp³-hybridized carbons (Fsp3) is 0. The van der Waals surface area contributed by atoms with Crippen LogP contribution in [0.4, 0.5) is 4.39 Å². The van der Waals surface area contributed by atoms with Crippen molar-refractivity contribution in [3.8, 4) is 0 Å². The van der Waals surface area contributed by atoms with Gasteiger partial charge in [-0.2, -0.15) is 0 Å². The van der Waals surface area contributed by atoms with Gasteiger partial charge in [-0.25, -0.2) is 9.37 Å². The van der Waals surface area contributed by atoms with Gasteiger partial charge in [0.05, 0.1) is 5.52 Å². The standard InChI is InChI=1S/C15H9FN2O/c16-12-5-3-7-17-14(12)15(19)11-8-10-4-1-2-6-13(10)18-9-11/h1-9H. The van der Waals surface area contributed by atoms with Gasteiger partial charge in [0.25, 0.3) is 0 Å². The van der Waals surface area contributed by atoms with Gasteiger partial charge >= 0.3 is 0 Å². The van der Waals surface area contributed by atoms with Crippen molar-refractivity contribution in [3.63, 3.8) is 0 Å². The first kappa shape index (κ1) is 11.5. The number of halogens is 1. The van der Waals surface area contributed by atoms with E-state index in [2.05, 4.69) is 9.97 Å². The summed E-state index contributed by atoms with van der Waals surface area (Å²) in [6, 6.07) is 11.8. The monoisotopic (exact) mass is 252 g/mol. The highest BCUT2D eigenvalue weighted by Gasteiger charge is 2.15. The van der Waals surface area contributed by atoms with Crippen LogP contribution < -0.4 is 0 Å². The zero-order chi connectivity index (χ0) is 13.2. The van der Waals surface area contributed by atoms with Crippen LogP contribution in [0.3, 0.4) is 0 Å². The quantitative estimate of drug-likeness (QED) is 0.658. The number of carbonyl (C=O) groups excluding carboxylic acids is 1. The lowest BCUT2D eigenvalue weighted by atomic mass is 10.1. The molecule has 2 heterocycles. The van der Waals surface area contributed by atoms with E-state index >= 15 is 0 Å². The van der Waals surface area contributed by atoms with Crippen LogP contribution in [0, 0.1) is 5.82 Å². The lowest BCUT2D eigenvalue weighted by molar-refractivity contribution is 0.103. The van der Waals surface area contributed by atoms with E-state index in [-0.39, 0.29) is 5.69 Å².